The van der Waals surface area contributed by atoms with Gasteiger partial charge in [0.1, 0.15) is 0 Å². The van der Waals surface area contributed by atoms with Gasteiger partial charge in [0.15, 0.2) is 0 Å². The van der Waals surface area contributed by atoms with Crippen LogP contribution in [0.5, 0.6) is 0 Å². The van der Waals surface area contributed by atoms with Gasteiger partial charge in [-0.25, -0.2) is 0 Å². The van der Waals surface area contributed by atoms with Gasteiger partial charge in [-0.1, -0.05) is 24.3 Å². The van der Waals surface area contributed by atoms with Crippen molar-refractivity contribution < 1.29 is 15.0 Å². The molecular weight excluding hydrogens is 216 g/mol. The second kappa shape index (κ2) is 3.84. The molecule has 3 nitrogen and oxygen atoms in total. The lowest BCUT2D eigenvalue weighted by molar-refractivity contribution is -0.152. The Kier molecular flexibility index (Phi) is 2.74. The van der Waals surface area contributed by atoms with Crippen molar-refractivity contribution >= 4 is 5.97 Å². The van der Waals surface area contributed by atoms with E-state index in [0.717, 1.165) is 11.1 Å². The van der Waals surface area contributed by atoms with E-state index in [1.54, 1.807) is 13.8 Å². The molecule has 0 amide bonds. The van der Waals surface area contributed by atoms with Crippen LogP contribution in [0.15, 0.2) is 24.3 Å². The molecule has 0 unspecified atom stereocenters. The smallest absolute Gasteiger partial charge is 0.310 e. The third kappa shape index (κ3) is 2.34. The molecule has 2 N–H and O–H groups in total. The molecule has 0 saturated carbocycles. The molecule has 0 saturated heterocycles. The van der Waals surface area contributed by atoms with Gasteiger partial charge >= 0.3 is 5.97 Å². The molecule has 0 fully saturated rings. The summed E-state index contributed by atoms with van der Waals surface area (Å²) in [5, 5.41) is 19.4. The molecule has 3 heteroatoms. The number of carboxylic acid groups (broad SMARTS) is 1. The molecule has 0 aromatic heterocycles. The van der Waals surface area contributed by atoms with Crippen LogP contribution in [0.2, 0.25) is 0 Å². The molecule has 1 aliphatic carbocycles. The number of carbonyl (C=O) groups is 1. The first-order valence-corrected chi connectivity index (χ1v) is 5.85. The first-order chi connectivity index (χ1) is 7.82. The Labute approximate surface area is 101 Å². The third-order valence-electron chi connectivity index (χ3n) is 3.40. The second-order valence-corrected chi connectivity index (χ2v) is 5.70. The Hall–Kier alpha value is -1.35. The number of carboxylic acids is 1. The first-order valence-electron chi connectivity index (χ1n) is 5.85. The standard InChI is InChI=1S/C14H18O3/c1-13(2,17)9-14(12(15)16)7-10-5-3-4-6-11(10)8-14/h3-6,17H,7-9H2,1-2H3,(H,15,16). The fraction of sp³-hybridized carbons (Fsp3) is 0.500. The fourth-order valence-electron chi connectivity index (χ4n) is 2.87. The number of aliphatic hydroxyl groups is 1. The Morgan fingerprint density at radius 1 is 1.29 bits per heavy atom. The summed E-state index contributed by atoms with van der Waals surface area (Å²) in [5.41, 5.74) is 0.390. The predicted molar refractivity (Wildman–Crippen MR) is 64.8 cm³/mol. The van der Waals surface area contributed by atoms with E-state index in [2.05, 4.69) is 0 Å². The summed E-state index contributed by atoms with van der Waals surface area (Å²) in [5.74, 6) is -0.809. The van der Waals surface area contributed by atoms with Gasteiger partial charge in [0.25, 0.3) is 0 Å². The predicted octanol–water partition coefficient (Wildman–Crippen LogP) is 2.02. The molecule has 92 valence electrons. The van der Waals surface area contributed by atoms with Gasteiger partial charge in [-0.2, -0.15) is 0 Å². The maximum atomic E-state index is 11.6. The minimum Gasteiger partial charge on any atom is -0.481 e. The average Bonchev–Trinajstić information content (AvgIpc) is 2.53. The van der Waals surface area contributed by atoms with Gasteiger partial charge in [0, 0.05) is 0 Å². The summed E-state index contributed by atoms with van der Waals surface area (Å²) < 4.78 is 0. The largest absolute Gasteiger partial charge is 0.481 e. The Morgan fingerprint density at radius 3 is 2.12 bits per heavy atom. The lowest BCUT2D eigenvalue weighted by Gasteiger charge is -2.30. The van der Waals surface area contributed by atoms with Gasteiger partial charge in [-0.15, -0.1) is 0 Å². The van der Waals surface area contributed by atoms with E-state index in [1.807, 2.05) is 24.3 Å². The normalized spacial score (nSPS) is 17.8. The molecular formula is C14H18O3. The van der Waals surface area contributed by atoms with E-state index in [0.29, 0.717) is 12.8 Å². The first kappa shape index (κ1) is 12.1. The lowest BCUT2D eigenvalue weighted by atomic mass is 9.76. The van der Waals surface area contributed by atoms with Gasteiger partial charge in [0.2, 0.25) is 0 Å². The Bertz CT molecular complexity index is 418. The number of rotatable bonds is 3. The van der Waals surface area contributed by atoms with E-state index < -0.39 is 17.0 Å². The van der Waals surface area contributed by atoms with Crippen LogP contribution in [0.3, 0.4) is 0 Å². The van der Waals surface area contributed by atoms with Gasteiger partial charge in [-0.05, 0) is 44.2 Å². The van der Waals surface area contributed by atoms with E-state index >= 15 is 0 Å². The number of hydrogen-bond donors (Lipinski definition) is 2. The number of fused-ring (bicyclic) bond motifs is 1. The number of aliphatic carboxylic acids is 1. The summed E-state index contributed by atoms with van der Waals surface area (Å²) in [6, 6.07) is 7.82. The molecule has 1 aromatic rings. The van der Waals surface area contributed by atoms with Gasteiger partial charge < -0.3 is 10.2 Å². The van der Waals surface area contributed by atoms with E-state index in [9.17, 15) is 15.0 Å². The maximum absolute atomic E-state index is 11.6. The van der Waals surface area contributed by atoms with Crippen molar-refractivity contribution in [1.82, 2.24) is 0 Å². The van der Waals surface area contributed by atoms with E-state index in [-0.39, 0.29) is 6.42 Å². The van der Waals surface area contributed by atoms with E-state index in [1.165, 1.54) is 0 Å². The highest BCUT2D eigenvalue weighted by molar-refractivity contribution is 5.77. The molecule has 0 aliphatic heterocycles. The fourth-order valence-corrected chi connectivity index (χ4v) is 2.87. The zero-order chi connectivity index (χ0) is 12.7. The molecule has 0 radical (unpaired) electrons. The summed E-state index contributed by atoms with van der Waals surface area (Å²) in [7, 11) is 0. The van der Waals surface area contributed by atoms with Crippen LogP contribution >= 0.6 is 0 Å². The summed E-state index contributed by atoms with van der Waals surface area (Å²) in [4.78, 5) is 11.6. The van der Waals surface area contributed by atoms with Crippen molar-refractivity contribution in [3.05, 3.63) is 35.4 Å². The highest BCUT2D eigenvalue weighted by Crippen LogP contribution is 2.42. The third-order valence-corrected chi connectivity index (χ3v) is 3.40. The van der Waals surface area contributed by atoms with Crippen molar-refractivity contribution in [3.8, 4) is 0 Å². The Morgan fingerprint density at radius 2 is 1.76 bits per heavy atom. The van der Waals surface area contributed by atoms with Gasteiger partial charge in [-0.3, -0.25) is 4.79 Å². The summed E-state index contributed by atoms with van der Waals surface area (Å²) >= 11 is 0. The van der Waals surface area contributed by atoms with Crippen LogP contribution in [0, 0.1) is 5.41 Å². The summed E-state index contributed by atoms with van der Waals surface area (Å²) in [6.07, 6.45) is 1.31. The van der Waals surface area contributed by atoms with Crippen LogP contribution in [-0.2, 0) is 17.6 Å². The highest BCUT2D eigenvalue weighted by Gasteiger charge is 2.46. The molecule has 1 aromatic carbocycles. The van der Waals surface area contributed by atoms with Crippen LogP contribution in [0.1, 0.15) is 31.4 Å². The zero-order valence-corrected chi connectivity index (χ0v) is 10.2. The molecule has 0 bridgehead atoms. The zero-order valence-electron chi connectivity index (χ0n) is 10.2. The van der Waals surface area contributed by atoms with Crippen molar-refractivity contribution in [2.45, 2.75) is 38.7 Å². The molecule has 17 heavy (non-hydrogen) atoms. The molecule has 0 spiro atoms. The number of benzene rings is 1. The highest BCUT2D eigenvalue weighted by atomic mass is 16.4. The molecule has 0 heterocycles. The van der Waals surface area contributed by atoms with Crippen LogP contribution in [-0.4, -0.2) is 21.8 Å². The second-order valence-electron chi connectivity index (χ2n) is 5.70. The SMILES string of the molecule is CC(C)(O)CC1(C(=O)O)Cc2ccccc2C1. The Balaban J connectivity index is 2.33. The molecule has 2 rings (SSSR count). The van der Waals surface area contributed by atoms with Crippen molar-refractivity contribution in [2.24, 2.45) is 5.41 Å². The van der Waals surface area contributed by atoms with E-state index in [4.69, 9.17) is 0 Å². The number of hydrogen-bond acceptors (Lipinski definition) is 2. The minimum atomic E-state index is -0.958. The monoisotopic (exact) mass is 234 g/mol. The molecule has 0 atom stereocenters. The topological polar surface area (TPSA) is 57.5 Å². The summed E-state index contributed by atoms with van der Waals surface area (Å²) in [6.45, 7) is 3.33. The van der Waals surface area contributed by atoms with Crippen molar-refractivity contribution in [1.29, 1.82) is 0 Å². The van der Waals surface area contributed by atoms with Crippen molar-refractivity contribution in [2.75, 3.05) is 0 Å². The van der Waals surface area contributed by atoms with Crippen LogP contribution in [0.4, 0.5) is 0 Å². The molecule has 1 aliphatic rings. The average molecular weight is 234 g/mol. The quantitative estimate of drug-likeness (QED) is 0.841. The van der Waals surface area contributed by atoms with Crippen molar-refractivity contribution in [3.63, 3.8) is 0 Å². The van der Waals surface area contributed by atoms with Crippen LogP contribution < -0.4 is 0 Å². The van der Waals surface area contributed by atoms with Crippen LogP contribution in [0.25, 0.3) is 0 Å². The lowest BCUT2D eigenvalue weighted by Crippen LogP contribution is -2.39. The van der Waals surface area contributed by atoms with Gasteiger partial charge in [0.05, 0.1) is 11.0 Å². The minimum absolute atomic E-state index is 0.282. The maximum Gasteiger partial charge on any atom is 0.310 e.